The molecule has 0 aliphatic carbocycles. The van der Waals surface area contributed by atoms with Gasteiger partial charge in [0, 0.05) is 36.8 Å². The van der Waals surface area contributed by atoms with Crippen molar-refractivity contribution in [2.24, 2.45) is 0 Å². The van der Waals surface area contributed by atoms with Crippen molar-refractivity contribution >= 4 is 43.7 Å². The highest BCUT2D eigenvalue weighted by molar-refractivity contribution is 7.85. The van der Waals surface area contributed by atoms with Crippen molar-refractivity contribution in [3.05, 3.63) is 63.6 Å². The number of halogens is 3. The summed E-state index contributed by atoms with van der Waals surface area (Å²) in [7, 11) is -2.28. The number of H-pyrrole nitrogens is 2. The number of fused-ring (bicyclic) bond motifs is 2. The Labute approximate surface area is 231 Å². The molecule has 210 valence electrons. The quantitative estimate of drug-likeness (QED) is 0.193. The lowest BCUT2D eigenvalue weighted by atomic mass is 10.0. The Bertz CT molecular complexity index is 1900. The summed E-state index contributed by atoms with van der Waals surface area (Å²) in [5.41, 5.74) is 2.78. The van der Waals surface area contributed by atoms with Crippen molar-refractivity contribution in [2.45, 2.75) is 26.2 Å². The van der Waals surface area contributed by atoms with E-state index in [0.29, 0.717) is 62.5 Å². The maximum absolute atomic E-state index is 13.8. The normalized spacial score (nSPS) is 11.9. The van der Waals surface area contributed by atoms with Gasteiger partial charge in [-0.25, -0.2) is 9.97 Å². The predicted octanol–water partition coefficient (Wildman–Crippen LogP) is 4.76. The van der Waals surface area contributed by atoms with Crippen LogP contribution in [0, 0.1) is 0 Å². The van der Waals surface area contributed by atoms with Crippen molar-refractivity contribution in [1.82, 2.24) is 29.9 Å². The first-order valence-electron chi connectivity index (χ1n) is 11.6. The van der Waals surface area contributed by atoms with Gasteiger partial charge in [0.15, 0.2) is 0 Å². The molecule has 0 spiro atoms. The molecule has 0 aliphatic rings. The fraction of sp³-hybridized carbons (Fsp3) is 0.240. The minimum absolute atomic E-state index is 0.182. The molecule has 0 fully saturated rings. The zero-order valence-electron chi connectivity index (χ0n) is 21.6. The summed E-state index contributed by atoms with van der Waals surface area (Å²) >= 11 is 6.12. The molecule has 5 aromatic rings. The molecule has 0 unspecified atom stereocenters. The van der Waals surface area contributed by atoms with E-state index in [-0.39, 0.29) is 16.9 Å². The monoisotopic (exact) mass is 592 g/mol. The molecule has 0 saturated carbocycles. The number of rotatable bonds is 5. The Kier molecular flexibility index (Phi) is 7.87. The first-order valence-corrected chi connectivity index (χ1v) is 13.8. The maximum Gasteiger partial charge on any atom is 0.287 e. The highest BCUT2D eigenvalue weighted by Gasteiger charge is 2.28. The van der Waals surface area contributed by atoms with Gasteiger partial charge in [0.05, 0.1) is 46.9 Å². The second kappa shape index (κ2) is 10.9. The summed E-state index contributed by atoms with van der Waals surface area (Å²) < 4.78 is 58.9. The van der Waals surface area contributed by atoms with Gasteiger partial charge in [-0.1, -0.05) is 18.5 Å². The van der Waals surface area contributed by atoms with Crippen LogP contribution in [0.1, 0.15) is 25.2 Å². The standard InChI is InChI=1S/C24H19ClF2N6O2.CH4O3S/c1-4-14-21-16(8-19(25)30-14)31-22(33-21)12-7-11-15(32-23(12)34)5-6-28-20(11)13-10-29-18(24(2,26)27)9-17(13)35-3;1-5(2,3)4/h5-10H,4H2,1-3H3,(H,31,33)(H,32,34);1H3,(H,2,3,4). The van der Waals surface area contributed by atoms with Gasteiger partial charge in [-0.05, 0) is 18.6 Å². The molecule has 0 bridgehead atoms. The first-order chi connectivity index (χ1) is 18.7. The highest BCUT2D eigenvalue weighted by Crippen LogP contribution is 2.36. The van der Waals surface area contributed by atoms with Crippen LogP contribution in [0.15, 0.2) is 41.5 Å². The Balaban J connectivity index is 0.000000681. The topological polar surface area (TPSA) is 164 Å². The Morgan fingerprint density at radius 3 is 2.42 bits per heavy atom. The summed E-state index contributed by atoms with van der Waals surface area (Å²) in [5.74, 6) is -2.61. The van der Waals surface area contributed by atoms with Crippen LogP contribution in [0.4, 0.5) is 8.78 Å². The third kappa shape index (κ3) is 6.24. The Morgan fingerprint density at radius 2 is 1.80 bits per heavy atom. The number of aryl methyl sites for hydroxylation is 1. The van der Waals surface area contributed by atoms with Gasteiger partial charge >= 0.3 is 0 Å². The lowest BCUT2D eigenvalue weighted by molar-refractivity contribution is 0.0125. The smallest absolute Gasteiger partial charge is 0.287 e. The van der Waals surface area contributed by atoms with Crippen LogP contribution in [0.2, 0.25) is 5.15 Å². The summed E-state index contributed by atoms with van der Waals surface area (Å²) in [6, 6.07) is 6.13. The zero-order chi connectivity index (χ0) is 29.4. The molecular formula is C25H23ClF2N6O5S. The van der Waals surface area contributed by atoms with E-state index in [1.165, 1.54) is 25.6 Å². The molecule has 0 saturated heterocycles. The van der Waals surface area contributed by atoms with E-state index in [9.17, 15) is 22.0 Å². The largest absolute Gasteiger partial charge is 0.496 e. The van der Waals surface area contributed by atoms with Crippen molar-refractivity contribution in [2.75, 3.05) is 13.4 Å². The molecule has 5 aromatic heterocycles. The summed E-state index contributed by atoms with van der Waals surface area (Å²) in [5, 5.41) is 0.884. The number of hydrogen-bond donors (Lipinski definition) is 3. The lowest BCUT2D eigenvalue weighted by Crippen LogP contribution is -2.11. The number of nitrogens with one attached hydrogen (secondary N) is 2. The average molecular weight is 593 g/mol. The second-order valence-corrected chi connectivity index (χ2v) is 10.6. The molecule has 15 heteroatoms. The van der Waals surface area contributed by atoms with E-state index in [2.05, 4.69) is 29.9 Å². The molecule has 40 heavy (non-hydrogen) atoms. The summed E-state index contributed by atoms with van der Waals surface area (Å²) in [4.78, 5) is 36.2. The molecule has 0 radical (unpaired) electrons. The van der Waals surface area contributed by atoms with Crippen LogP contribution in [0.25, 0.3) is 44.6 Å². The second-order valence-electron chi connectivity index (χ2n) is 8.75. The number of ether oxygens (including phenoxy) is 1. The van der Waals surface area contributed by atoms with Crippen molar-refractivity contribution in [3.8, 4) is 28.4 Å². The zero-order valence-corrected chi connectivity index (χ0v) is 23.2. The Hall–Kier alpha value is -4.01. The number of methoxy groups -OCH3 is 1. The van der Waals surface area contributed by atoms with Crippen LogP contribution >= 0.6 is 11.6 Å². The minimum Gasteiger partial charge on any atom is -0.496 e. The van der Waals surface area contributed by atoms with Gasteiger partial charge in [-0.3, -0.25) is 19.3 Å². The number of aromatic nitrogens is 6. The molecule has 0 aliphatic heterocycles. The number of nitrogens with zero attached hydrogens (tertiary/aromatic N) is 4. The van der Waals surface area contributed by atoms with E-state index in [1.54, 1.807) is 18.2 Å². The van der Waals surface area contributed by atoms with Crippen LogP contribution < -0.4 is 10.3 Å². The molecule has 3 N–H and O–H groups in total. The first kappa shape index (κ1) is 29.0. The Morgan fingerprint density at radius 1 is 1.10 bits per heavy atom. The SMILES string of the molecule is CCc1nc(Cl)cc2[nH]c(-c3cc4c(-c5cnc(C(C)(F)F)cc5OC)nccc4[nH]c3=O)nc12.CS(=O)(=O)O. The molecule has 0 amide bonds. The summed E-state index contributed by atoms with van der Waals surface area (Å²) in [6.07, 6.45) is 4.13. The van der Waals surface area contributed by atoms with Gasteiger partial charge < -0.3 is 14.7 Å². The van der Waals surface area contributed by atoms with Gasteiger partial charge in [-0.15, -0.1) is 0 Å². The maximum atomic E-state index is 13.8. The van der Waals surface area contributed by atoms with E-state index in [4.69, 9.17) is 20.9 Å². The van der Waals surface area contributed by atoms with Crippen LogP contribution in [0.3, 0.4) is 0 Å². The molecule has 0 aromatic carbocycles. The number of imidazole rings is 1. The molecule has 5 rings (SSSR count). The third-order valence-corrected chi connectivity index (χ3v) is 5.86. The van der Waals surface area contributed by atoms with Gasteiger partial charge in [0.25, 0.3) is 21.6 Å². The fourth-order valence-electron chi connectivity index (χ4n) is 3.96. The summed E-state index contributed by atoms with van der Waals surface area (Å²) in [6.45, 7) is 2.70. The molecule has 5 heterocycles. The van der Waals surface area contributed by atoms with Crippen LogP contribution in [0.5, 0.6) is 5.75 Å². The predicted molar refractivity (Wildman–Crippen MR) is 146 cm³/mol. The van der Waals surface area contributed by atoms with Crippen LogP contribution in [-0.2, 0) is 22.5 Å². The number of aromatic amines is 2. The number of alkyl halides is 2. The minimum atomic E-state index is -3.67. The average Bonchev–Trinajstić information content (AvgIpc) is 3.29. The van der Waals surface area contributed by atoms with E-state index < -0.39 is 21.7 Å². The molecule has 11 nitrogen and oxygen atoms in total. The van der Waals surface area contributed by atoms with Gasteiger partial charge in [0.2, 0.25) is 0 Å². The van der Waals surface area contributed by atoms with Crippen LogP contribution in [-0.4, -0.2) is 56.2 Å². The third-order valence-electron chi connectivity index (χ3n) is 5.66. The van der Waals surface area contributed by atoms with E-state index in [1.807, 2.05) is 6.92 Å². The van der Waals surface area contributed by atoms with Crippen molar-refractivity contribution in [1.29, 1.82) is 0 Å². The van der Waals surface area contributed by atoms with Gasteiger partial charge in [-0.2, -0.15) is 17.2 Å². The van der Waals surface area contributed by atoms with E-state index in [0.717, 1.165) is 6.92 Å². The molecule has 0 atom stereocenters. The van der Waals surface area contributed by atoms with Crippen molar-refractivity contribution in [3.63, 3.8) is 0 Å². The number of pyridine rings is 4. The fourth-order valence-corrected chi connectivity index (χ4v) is 4.17. The highest BCUT2D eigenvalue weighted by atomic mass is 35.5. The molecular weight excluding hydrogens is 570 g/mol. The number of hydrogen-bond acceptors (Lipinski definition) is 8. The van der Waals surface area contributed by atoms with E-state index >= 15 is 0 Å². The van der Waals surface area contributed by atoms with Crippen molar-refractivity contribution < 1.29 is 26.5 Å². The lowest BCUT2D eigenvalue weighted by Gasteiger charge is -2.14. The van der Waals surface area contributed by atoms with Gasteiger partial charge in [0.1, 0.15) is 27.9 Å².